The van der Waals surface area contributed by atoms with E-state index < -0.39 is 5.54 Å². The van der Waals surface area contributed by atoms with E-state index in [1.165, 1.54) is 16.3 Å². The number of nitrogens with zero attached hydrogens (tertiary/aromatic N) is 3. The molecular weight excluding hydrogens is 678 g/mol. The Hall–Kier alpha value is -2.62. The van der Waals surface area contributed by atoms with Crippen LogP contribution in [0.15, 0.2) is 48.5 Å². The zero-order valence-electron chi connectivity index (χ0n) is 26.3. The number of benzene rings is 3. The van der Waals surface area contributed by atoms with Gasteiger partial charge in [0.2, 0.25) is 0 Å². The van der Waals surface area contributed by atoms with Gasteiger partial charge in [0.1, 0.15) is 6.23 Å². The van der Waals surface area contributed by atoms with Crippen LogP contribution in [-0.4, -0.2) is 27.0 Å². The van der Waals surface area contributed by atoms with Crippen molar-refractivity contribution in [3.05, 3.63) is 88.5 Å². The maximum Gasteiger partial charge on any atom is 0.255 e. The molecule has 2 aliphatic rings. The molecule has 5 nitrogen and oxygen atoms in total. The Morgan fingerprint density at radius 1 is 0.780 bits per heavy atom. The van der Waals surface area contributed by atoms with Gasteiger partial charge in [-0.2, -0.15) is 0 Å². The van der Waals surface area contributed by atoms with Crippen LogP contribution in [-0.2, 0) is 38.4 Å². The summed E-state index contributed by atoms with van der Waals surface area (Å²) in [5.74, 6) is 0.0845. The minimum atomic E-state index is -0.439. The second-order valence-corrected chi connectivity index (χ2v) is 12.6. The van der Waals surface area contributed by atoms with Crippen LogP contribution in [0.2, 0.25) is 0 Å². The average Bonchev–Trinajstić information content (AvgIpc) is 3.47. The zero-order valence-corrected chi connectivity index (χ0v) is 29.3. The van der Waals surface area contributed by atoms with E-state index in [9.17, 15) is 4.79 Å². The van der Waals surface area contributed by atoms with Gasteiger partial charge in [0.15, 0.2) is 0 Å². The first-order chi connectivity index (χ1) is 17.4. The van der Waals surface area contributed by atoms with Crippen molar-refractivity contribution in [2.45, 2.75) is 53.3 Å². The van der Waals surface area contributed by atoms with E-state index in [2.05, 4.69) is 106 Å². The summed E-state index contributed by atoms with van der Waals surface area (Å²) in [7, 11) is 4.09. The number of amides is 1. The number of hydrogen-bond donors (Lipinski definition) is 0. The topological polar surface area (TPSA) is 39.4 Å². The molecule has 0 spiro atoms. The Kier molecular flexibility index (Phi) is 8.01. The summed E-state index contributed by atoms with van der Waals surface area (Å²) in [6.07, 6.45) is -0.216. The normalized spacial score (nSPS) is 20.0. The molecule has 6 heteroatoms. The summed E-state index contributed by atoms with van der Waals surface area (Å²) in [4.78, 5) is 16.0. The summed E-state index contributed by atoms with van der Waals surface area (Å²) in [6, 6.07) is 17.1. The monoisotopic (exact) mass is 721 g/mol. The molecule has 0 saturated carbocycles. The van der Waals surface area contributed by atoms with E-state index in [1.54, 1.807) is 0 Å². The number of para-hydroxylation sites is 2. The van der Waals surface area contributed by atoms with Gasteiger partial charge in [-0.15, -0.1) is 5.41 Å². The Balaban J connectivity index is 0.00000116. The number of aryl methyl sites for hydroxylation is 1. The summed E-state index contributed by atoms with van der Waals surface area (Å²) in [6.45, 7) is 15.4. The first kappa shape index (κ1) is 32.9. The van der Waals surface area contributed by atoms with E-state index >= 15 is 0 Å². The van der Waals surface area contributed by atoms with Crippen LogP contribution in [0.4, 0.5) is 0 Å². The predicted molar refractivity (Wildman–Crippen MR) is 170 cm³/mol. The Morgan fingerprint density at radius 2 is 1.32 bits per heavy atom. The van der Waals surface area contributed by atoms with E-state index in [0.717, 1.165) is 38.4 Å². The van der Waals surface area contributed by atoms with Gasteiger partial charge in [0.25, 0.3) is 5.91 Å². The smallest absolute Gasteiger partial charge is 0.255 e. The molecule has 2 aromatic heterocycles. The third-order valence-corrected chi connectivity index (χ3v) is 9.96. The van der Waals surface area contributed by atoms with E-state index in [-0.39, 0.29) is 66.3 Å². The number of hydrogen-bond acceptors (Lipinski definition) is 2. The van der Waals surface area contributed by atoms with E-state index in [0.29, 0.717) is 0 Å². The van der Waals surface area contributed by atoms with Gasteiger partial charge in [-0.3, -0.25) is 4.79 Å². The van der Waals surface area contributed by atoms with Gasteiger partial charge in [-0.25, -0.2) is 6.61 Å². The molecule has 1 fully saturated rings. The molecule has 7 rings (SSSR count). The number of carbonyl (C=O) groups is 1. The van der Waals surface area contributed by atoms with Crippen LogP contribution >= 0.6 is 0 Å². The van der Waals surface area contributed by atoms with Crippen molar-refractivity contribution < 1.29 is 30.6 Å². The molecular formula is C35H43N3O2W-4. The summed E-state index contributed by atoms with van der Waals surface area (Å²) < 4.78 is 11.3. The number of rotatable bonds is 1. The van der Waals surface area contributed by atoms with Gasteiger partial charge < -0.3 is 41.1 Å². The van der Waals surface area contributed by atoms with Crippen molar-refractivity contribution in [1.29, 1.82) is 0 Å². The fourth-order valence-electron chi connectivity index (χ4n) is 6.84. The minimum Gasteiger partial charge on any atom is -0.533 e. The van der Waals surface area contributed by atoms with Crippen molar-refractivity contribution in [3.8, 4) is 0 Å². The van der Waals surface area contributed by atoms with Crippen molar-refractivity contribution >= 4 is 49.5 Å². The largest absolute Gasteiger partial charge is 0.533 e. The number of carbonyl (C=O) groups excluding carboxylic acids is 1. The van der Waals surface area contributed by atoms with Crippen molar-refractivity contribution in [2.24, 2.45) is 17.9 Å². The third kappa shape index (κ3) is 3.70. The Morgan fingerprint density at radius 3 is 1.88 bits per heavy atom. The maximum atomic E-state index is 14.1. The van der Waals surface area contributed by atoms with Crippen molar-refractivity contribution in [3.63, 3.8) is 0 Å². The molecule has 0 radical (unpaired) electrons. The molecule has 2 aliphatic heterocycles. The first-order valence-corrected chi connectivity index (χ1v) is 13.2. The van der Waals surface area contributed by atoms with Crippen molar-refractivity contribution in [2.75, 3.05) is 7.05 Å². The quantitative estimate of drug-likeness (QED) is 0.162. The minimum absolute atomic E-state index is 0. The van der Waals surface area contributed by atoms with Crippen LogP contribution in [0.5, 0.6) is 0 Å². The number of fused-ring (bicyclic) bond motifs is 10. The van der Waals surface area contributed by atoms with Gasteiger partial charge >= 0.3 is 0 Å². The first-order valence-electron chi connectivity index (χ1n) is 13.2. The molecule has 220 valence electrons. The number of ether oxygens (including phenoxy) is 1. The summed E-state index contributed by atoms with van der Waals surface area (Å²) in [5.41, 5.74) is 5.72. The molecule has 5 aromatic rings. The van der Waals surface area contributed by atoms with E-state index in [1.807, 2.05) is 18.6 Å². The van der Waals surface area contributed by atoms with Crippen LogP contribution in [0.3, 0.4) is 0 Å². The van der Waals surface area contributed by atoms with Crippen LogP contribution < -0.4 is 0 Å². The van der Waals surface area contributed by atoms with Gasteiger partial charge in [-0.05, 0) is 31.4 Å². The molecule has 1 amide bonds. The molecule has 41 heavy (non-hydrogen) atoms. The van der Waals surface area contributed by atoms with E-state index in [4.69, 9.17) is 4.74 Å². The fraction of sp³-hybridized carbons (Fsp3) is 0.343. The van der Waals surface area contributed by atoms with Gasteiger partial charge in [0, 0.05) is 67.8 Å². The van der Waals surface area contributed by atoms with Crippen LogP contribution in [0.25, 0.3) is 43.6 Å². The van der Waals surface area contributed by atoms with Gasteiger partial charge in [-0.1, -0.05) is 64.1 Å². The molecule has 0 N–H and O–H groups in total. The predicted octanol–water partition coefficient (Wildman–Crippen LogP) is 8.85. The second kappa shape index (κ2) is 9.99. The van der Waals surface area contributed by atoms with Crippen LogP contribution in [0, 0.1) is 39.7 Å². The average molecular weight is 722 g/mol. The third-order valence-electron chi connectivity index (χ3n) is 9.96. The standard InChI is InChI=1S/C32H34N3O2.3CH3.W/c1-30(2)17-37-29(31(30,3)4)35-21-16-12-10-14-19(21)22-24-25(32(5,6)34(8)28(24)36)23-18-13-9-11-15-20(18)33(7)26(23)27(22)35;;;;/h9-17,29H,1-8H3;3*1H3;/q4*-1;. The molecule has 1 atom stereocenters. The molecule has 0 aliphatic carbocycles. The molecule has 0 bridgehead atoms. The fourth-order valence-corrected chi connectivity index (χ4v) is 6.84. The molecule has 3 aromatic carbocycles. The molecule has 4 heterocycles. The number of aromatic nitrogens is 2. The summed E-state index contributed by atoms with van der Waals surface area (Å²) >= 11 is 0. The summed E-state index contributed by atoms with van der Waals surface area (Å²) in [5, 5.41) is 4.50. The second-order valence-electron chi connectivity index (χ2n) is 12.6. The maximum absolute atomic E-state index is 14.1. The zero-order chi connectivity index (χ0) is 26.2. The molecule has 1 saturated heterocycles. The SMILES string of the molecule is CN1C(=O)c2c(c3c4ccccc4n(C)c3c3c2c2ccccc2n3C2O[CH-]C(C)(C)C2(C)C)C1(C)C.[CH3-].[CH3-].[CH3-].[W]. The Labute approximate surface area is 260 Å². The van der Waals surface area contributed by atoms with Crippen molar-refractivity contribution in [1.82, 2.24) is 14.0 Å². The van der Waals surface area contributed by atoms with Gasteiger partial charge in [0.05, 0.1) is 27.7 Å². The van der Waals surface area contributed by atoms with Crippen LogP contribution in [0.1, 0.15) is 63.7 Å². The molecule has 1 unspecified atom stereocenters. The Bertz CT molecular complexity index is 1820.